The molecule has 0 saturated heterocycles. The SMILES string of the molecule is Cc1ccccc1CS(=O)(=O)NCCC1=CCCCC1. The number of hydrogen-bond acceptors (Lipinski definition) is 2. The van der Waals surface area contributed by atoms with Crippen LogP contribution in [0.1, 0.15) is 43.2 Å². The number of sulfonamides is 1. The van der Waals surface area contributed by atoms with E-state index in [4.69, 9.17) is 0 Å². The van der Waals surface area contributed by atoms with E-state index in [1.807, 2.05) is 31.2 Å². The maximum Gasteiger partial charge on any atom is 0.215 e. The van der Waals surface area contributed by atoms with Crippen LogP contribution in [0.2, 0.25) is 0 Å². The number of aryl methyl sites for hydroxylation is 1. The summed E-state index contributed by atoms with van der Waals surface area (Å²) in [6.07, 6.45) is 7.88. The molecule has 1 aliphatic rings. The van der Waals surface area contributed by atoms with E-state index in [1.54, 1.807) is 0 Å². The fourth-order valence-electron chi connectivity index (χ4n) is 2.53. The molecule has 0 aliphatic heterocycles. The molecule has 0 aromatic heterocycles. The van der Waals surface area contributed by atoms with E-state index in [2.05, 4.69) is 10.8 Å². The van der Waals surface area contributed by atoms with Crippen molar-refractivity contribution in [3.8, 4) is 0 Å². The third kappa shape index (κ3) is 4.76. The zero-order chi connectivity index (χ0) is 14.4. The molecule has 0 saturated carbocycles. The lowest BCUT2D eigenvalue weighted by Crippen LogP contribution is -2.26. The van der Waals surface area contributed by atoms with Crippen molar-refractivity contribution in [2.45, 2.75) is 44.8 Å². The molecule has 0 amide bonds. The molecule has 3 nitrogen and oxygen atoms in total. The van der Waals surface area contributed by atoms with Crippen molar-refractivity contribution in [3.63, 3.8) is 0 Å². The lowest BCUT2D eigenvalue weighted by molar-refractivity contribution is 0.578. The summed E-state index contributed by atoms with van der Waals surface area (Å²) in [5.41, 5.74) is 3.29. The quantitative estimate of drug-likeness (QED) is 0.818. The summed E-state index contributed by atoms with van der Waals surface area (Å²) in [4.78, 5) is 0. The highest BCUT2D eigenvalue weighted by molar-refractivity contribution is 7.88. The van der Waals surface area contributed by atoms with E-state index in [9.17, 15) is 8.42 Å². The van der Waals surface area contributed by atoms with Crippen LogP contribution in [0.15, 0.2) is 35.9 Å². The summed E-state index contributed by atoms with van der Waals surface area (Å²) >= 11 is 0. The zero-order valence-electron chi connectivity index (χ0n) is 12.1. The average molecular weight is 293 g/mol. The second kappa shape index (κ2) is 7.04. The van der Waals surface area contributed by atoms with Crippen LogP contribution in [0.3, 0.4) is 0 Å². The van der Waals surface area contributed by atoms with Crippen molar-refractivity contribution in [1.82, 2.24) is 4.72 Å². The molecular weight excluding hydrogens is 270 g/mol. The summed E-state index contributed by atoms with van der Waals surface area (Å²) in [5.74, 6) is 0.0682. The highest BCUT2D eigenvalue weighted by Gasteiger charge is 2.13. The van der Waals surface area contributed by atoms with E-state index in [0.29, 0.717) is 6.54 Å². The molecule has 1 aromatic rings. The van der Waals surface area contributed by atoms with Gasteiger partial charge in [0.2, 0.25) is 10.0 Å². The van der Waals surface area contributed by atoms with Gasteiger partial charge in [-0.15, -0.1) is 0 Å². The highest BCUT2D eigenvalue weighted by atomic mass is 32.2. The highest BCUT2D eigenvalue weighted by Crippen LogP contribution is 2.19. The largest absolute Gasteiger partial charge is 0.215 e. The Balaban J connectivity index is 1.85. The molecule has 0 spiro atoms. The molecule has 20 heavy (non-hydrogen) atoms. The van der Waals surface area contributed by atoms with Gasteiger partial charge in [0, 0.05) is 6.54 Å². The lowest BCUT2D eigenvalue weighted by Gasteiger charge is -2.13. The molecule has 2 rings (SSSR count). The first-order valence-corrected chi connectivity index (χ1v) is 8.92. The Labute approximate surface area is 122 Å². The van der Waals surface area contributed by atoms with Gasteiger partial charge < -0.3 is 0 Å². The Morgan fingerprint density at radius 3 is 2.70 bits per heavy atom. The van der Waals surface area contributed by atoms with Gasteiger partial charge in [0.05, 0.1) is 5.75 Å². The predicted octanol–water partition coefficient (Wildman–Crippen LogP) is 3.30. The van der Waals surface area contributed by atoms with E-state index in [-0.39, 0.29) is 5.75 Å². The van der Waals surface area contributed by atoms with Crippen LogP contribution in [0, 0.1) is 6.92 Å². The minimum atomic E-state index is -3.24. The normalized spacial score (nSPS) is 15.9. The molecule has 0 atom stereocenters. The van der Waals surface area contributed by atoms with Crippen LogP contribution in [0.25, 0.3) is 0 Å². The smallest absolute Gasteiger partial charge is 0.215 e. The van der Waals surface area contributed by atoms with Crippen molar-refractivity contribution >= 4 is 10.0 Å². The molecule has 1 N–H and O–H groups in total. The fourth-order valence-corrected chi connectivity index (χ4v) is 3.78. The Hall–Kier alpha value is -1.13. The molecule has 110 valence electrons. The fraction of sp³-hybridized carbons (Fsp3) is 0.500. The summed E-state index contributed by atoms with van der Waals surface area (Å²) in [5, 5.41) is 0. The maximum absolute atomic E-state index is 12.1. The summed E-state index contributed by atoms with van der Waals surface area (Å²) in [7, 11) is -3.24. The van der Waals surface area contributed by atoms with Gasteiger partial charge in [-0.25, -0.2) is 13.1 Å². The monoisotopic (exact) mass is 293 g/mol. The van der Waals surface area contributed by atoms with Gasteiger partial charge >= 0.3 is 0 Å². The second-order valence-corrected chi connectivity index (χ2v) is 7.24. The van der Waals surface area contributed by atoms with Gasteiger partial charge in [-0.3, -0.25) is 0 Å². The molecule has 4 heteroatoms. The molecule has 1 aliphatic carbocycles. The van der Waals surface area contributed by atoms with Crippen LogP contribution >= 0.6 is 0 Å². The minimum absolute atomic E-state index is 0.0682. The number of nitrogens with one attached hydrogen (secondary N) is 1. The molecule has 0 heterocycles. The van der Waals surface area contributed by atoms with Crippen molar-refractivity contribution in [2.24, 2.45) is 0 Å². The van der Waals surface area contributed by atoms with Gasteiger partial charge in [-0.2, -0.15) is 0 Å². The first kappa shape index (κ1) is 15.3. The zero-order valence-corrected chi connectivity index (χ0v) is 12.9. The maximum atomic E-state index is 12.1. The van der Waals surface area contributed by atoms with Crippen molar-refractivity contribution in [2.75, 3.05) is 6.54 Å². The van der Waals surface area contributed by atoms with E-state index >= 15 is 0 Å². The van der Waals surface area contributed by atoms with E-state index in [1.165, 1.54) is 18.4 Å². The Bertz CT molecular complexity index is 576. The second-order valence-electron chi connectivity index (χ2n) is 5.44. The van der Waals surface area contributed by atoms with Gasteiger partial charge in [0.25, 0.3) is 0 Å². The van der Waals surface area contributed by atoms with Gasteiger partial charge in [-0.1, -0.05) is 35.9 Å². The molecule has 1 aromatic carbocycles. The van der Waals surface area contributed by atoms with Gasteiger partial charge in [-0.05, 0) is 50.2 Å². The molecule has 0 radical (unpaired) electrons. The van der Waals surface area contributed by atoms with Crippen molar-refractivity contribution in [3.05, 3.63) is 47.0 Å². The number of rotatable bonds is 6. The number of hydrogen-bond donors (Lipinski definition) is 1. The van der Waals surface area contributed by atoms with Crippen LogP contribution < -0.4 is 4.72 Å². The lowest BCUT2D eigenvalue weighted by atomic mass is 9.97. The predicted molar refractivity (Wildman–Crippen MR) is 83.0 cm³/mol. The first-order valence-electron chi connectivity index (χ1n) is 7.26. The minimum Gasteiger partial charge on any atom is -0.215 e. The average Bonchev–Trinajstić information content (AvgIpc) is 2.42. The molecular formula is C16H23NO2S. The van der Waals surface area contributed by atoms with Crippen LogP contribution in [0.5, 0.6) is 0 Å². The third-order valence-electron chi connectivity index (χ3n) is 3.76. The van der Waals surface area contributed by atoms with Crippen LogP contribution in [-0.4, -0.2) is 15.0 Å². The number of benzene rings is 1. The van der Waals surface area contributed by atoms with Gasteiger partial charge in [0.15, 0.2) is 0 Å². The van der Waals surface area contributed by atoms with E-state index in [0.717, 1.165) is 30.4 Å². The topological polar surface area (TPSA) is 46.2 Å². The van der Waals surface area contributed by atoms with Crippen LogP contribution in [0.4, 0.5) is 0 Å². The summed E-state index contributed by atoms with van der Waals surface area (Å²) < 4.78 is 26.8. The summed E-state index contributed by atoms with van der Waals surface area (Å²) in [6.45, 7) is 2.46. The standard InChI is InChI=1S/C16H23NO2S/c1-14-7-5-6-10-16(14)13-20(18,19)17-12-11-15-8-3-2-4-9-15/h5-8,10,17H,2-4,9,11-13H2,1H3. The Kier molecular flexibility index (Phi) is 5.38. The van der Waals surface area contributed by atoms with Gasteiger partial charge in [0.1, 0.15) is 0 Å². The summed E-state index contributed by atoms with van der Waals surface area (Å²) in [6, 6.07) is 7.62. The number of allylic oxidation sites excluding steroid dienone is 1. The molecule has 0 unspecified atom stereocenters. The third-order valence-corrected chi connectivity index (χ3v) is 5.09. The van der Waals surface area contributed by atoms with Crippen molar-refractivity contribution < 1.29 is 8.42 Å². The molecule has 0 fully saturated rings. The van der Waals surface area contributed by atoms with Crippen LogP contribution in [-0.2, 0) is 15.8 Å². The Morgan fingerprint density at radius 2 is 2.00 bits per heavy atom. The first-order chi connectivity index (χ1) is 9.57. The molecule has 0 bridgehead atoms. The van der Waals surface area contributed by atoms with Crippen molar-refractivity contribution in [1.29, 1.82) is 0 Å². The van der Waals surface area contributed by atoms with E-state index < -0.39 is 10.0 Å². The Morgan fingerprint density at radius 1 is 1.20 bits per heavy atom.